The molecule has 6 nitrogen and oxygen atoms in total. The molecule has 0 unspecified atom stereocenters. The van der Waals surface area contributed by atoms with Crippen LogP contribution < -0.4 is 4.31 Å². The number of ether oxygens (including phenoxy) is 1. The van der Waals surface area contributed by atoms with Gasteiger partial charge in [0, 0.05) is 13.0 Å². The normalized spacial score (nSPS) is 15.8. The molecule has 0 aliphatic carbocycles. The number of rotatable bonds is 6. The standard InChI is InChI=1S/C20H20N2O4S2/c23-20(15-8-10-16(11-9-15)22-12-4-14-28(22,24)25)26-13-3-7-19-21-17-5-1-2-6-18(17)27-19/h1-2,5-6,8-11H,3-4,7,12-14H2. The largest absolute Gasteiger partial charge is 0.462 e. The SMILES string of the molecule is O=C(OCCCc1nc2ccccc2s1)c1ccc(N2CCCS2(=O)=O)cc1. The highest BCUT2D eigenvalue weighted by atomic mass is 32.2. The molecule has 146 valence electrons. The van der Waals surface area contributed by atoms with Crippen molar-refractivity contribution in [2.75, 3.05) is 23.2 Å². The number of hydrogen-bond donors (Lipinski definition) is 0. The first-order valence-corrected chi connectivity index (χ1v) is 11.6. The molecule has 1 aromatic heterocycles. The maximum atomic E-state index is 12.2. The Morgan fingerprint density at radius 3 is 2.64 bits per heavy atom. The second kappa shape index (κ2) is 7.89. The molecule has 0 atom stereocenters. The van der Waals surface area contributed by atoms with Crippen LogP contribution in [0.15, 0.2) is 48.5 Å². The Morgan fingerprint density at radius 2 is 1.93 bits per heavy atom. The molecule has 1 saturated heterocycles. The van der Waals surface area contributed by atoms with E-state index in [2.05, 4.69) is 4.98 Å². The van der Waals surface area contributed by atoms with E-state index in [0.717, 1.165) is 21.6 Å². The van der Waals surface area contributed by atoms with Gasteiger partial charge in [-0.15, -0.1) is 11.3 Å². The van der Waals surface area contributed by atoms with Crippen LogP contribution in [-0.2, 0) is 21.2 Å². The first-order valence-electron chi connectivity index (χ1n) is 9.15. The number of aryl methyl sites for hydroxylation is 1. The summed E-state index contributed by atoms with van der Waals surface area (Å²) in [6.07, 6.45) is 2.09. The molecule has 3 aromatic rings. The smallest absolute Gasteiger partial charge is 0.338 e. The summed E-state index contributed by atoms with van der Waals surface area (Å²) in [4.78, 5) is 16.8. The molecule has 28 heavy (non-hydrogen) atoms. The van der Waals surface area contributed by atoms with Crippen LogP contribution in [-0.4, -0.2) is 38.3 Å². The number of nitrogens with zero attached hydrogens (tertiary/aromatic N) is 2. The highest BCUT2D eigenvalue weighted by Gasteiger charge is 2.28. The Labute approximate surface area is 167 Å². The van der Waals surface area contributed by atoms with E-state index in [1.165, 1.54) is 4.31 Å². The van der Waals surface area contributed by atoms with E-state index in [1.807, 2.05) is 24.3 Å². The molecule has 2 heterocycles. The monoisotopic (exact) mass is 416 g/mol. The Balaban J connectivity index is 1.29. The van der Waals surface area contributed by atoms with Gasteiger partial charge in [0.25, 0.3) is 0 Å². The molecule has 8 heteroatoms. The van der Waals surface area contributed by atoms with Crippen molar-refractivity contribution >= 4 is 43.2 Å². The van der Waals surface area contributed by atoms with Crippen molar-refractivity contribution in [3.05, 3.63) is 59.1 Å². The molecule has 0 N–H and O–H groups in total. The average molecular weight is 417 g/mol. The zero-order chi connectivity index (χ0) is 19.6. The Kier molecular flexibility index (Phi) is 5.32. The lowest BCUT2D eigenvalue weighted by Crippen LogP contribution is -2.25. The summed E-state index contributed by atoms with van der Waals surface area (Å²) < 4.78 is 31.8. The number of fused-ring (bicyclic) bond motifs is 1. The zero-order valence-corrected chi connectivity index (χ0v) is 16.8. The summed E-state index contributed by atoms with van der Waals surface area (Å²) in [6.45, 7) is 0.801. The fourth-order valence-electron chi connectivity index (χ4n) is 3.19. The minimum absolute atomic E-state index is 0.172. The van der Waals surface area contributed by atoms with Gasteiger partial charge in [-0.1, -0.05) is 12.1 Å². The van der Waals surface area contributed by atoms with Crippen LogP contribution in [0, 0.1) is 0 Å². The van der Waals surface area contributed by atoms with Crippen LogP contribution in [0.5, 0.6) is 0 Å². The molecular formula is C20H20N2O4S2. The lowest BCUT2D eigenvalue weighted by Gasteiger charge is -2.16. The fourth-order valence-corrected chi connectivity index (χ4v) is 5.77. The lowest BCUT2D eigenvalue weighted by molar-refractivity contribution is 0.0500. The molecule has 0 saturated carbocycles. The molecule has 2 aromatic carbocycles. The molecule has 1 aliphatic rings. The fraction of sp³-hybridized carbons (Fsp3) is 0.300. The maximum absolute atomic E-state index is 12.2. The molecular weight excluding hydrogens is 396 g/mol. The van der Waals surface area contributed by atoms with Crippen molar-refractivity contribution < 1.29 is 17.9 Å². The van der Waals surface area contributed by atoms with Gasteiger partial charge in [-0.2, -0.15) is 0 Å². The minimum atomic E-state index is -3.21. The van der Waals surface area contributed by atoms with E-state index in [0.29, 0.717) is 37.2 Å². The number of carbonyl (C=O) groups is 1. The van der Waals surface area contributed by atoms with Crippen LogP contribution in [0.1, 0.15) is 28.2 Å². The average Bonchev–Trinajstić information content (AvgIpc) is 3.27. The summed E-state index contributed by atoms with van der Waals surface area (Å²) in [5, 5.41) is 1.04. The highest BCUT2D eigenvalue weighted by molar-refractivity contribution is 7.93. The van der Waals surface area contributed by atoms with Gasteiger partial charge in [0.15, 0.2) is 0 Å². The van der Waals surface area contributed by atoms with Gasteiger partial charge in [-0.3, -0.25) is 4.31 Å². The molecule has 0 radical (unpaired) electrons. The number of esters is 1. The lowest BCUT2D eigenvalue weighted by atomic mass is 10.2. The Bertz CT molecular complexity index is 1060. The van der Waals surface area contributed by atoms with Crippen LogP contribution in [0.25, 0.3) is 10.2 Å². The summed E-state index contributed by atoms with van der Waals surface area (Å²) in [5.74, 6) is -0.231. The van der Waals surface area contributed by atoms with Gasteiger partial charge < -0.3 is 4.74 Å². The zero-order valence-electron chi connectivity index (χ0n) is 15.2. The highest BCUT2D eigenvalue weighted by Crippen LogP contribution is 2.25. The number of para-hydroxylation sites is 1. The minimum Gasteiger partial charge on any atom is -0.462 e. The summed E-state index contributed by atoms with van der Waals surface area (Å²) in [6, 6.07) is 14.5. The summed E-state index contributed by atoms with van der Waals surface area (Å²) in [7, 11) is -3.21. The topological polar surface area (TPSA) is 76.6 Å². The number of aromatic nitrogens is 1. The maximum Gasteiger partial charge on any atom is 0.338 e. The van der Waals surface area contributed by atoms with Crippen molar-refractivity contribution in [2.24, 2.45) is 0 Å². The number of thiazole rings is 1. The Morgan fingerprint density at radius 1 is 1.14 bits per heavy atom. The van der Waals surface area contributed by atoms with Crippen LogP contribution >= 0.6 is 11.3 Å². The van der Waals surface area contributed by atoms with Gasteiger partial charge in [0.05, 0.1) is 38.8 Å². The van der Waals surface area contributed by atoms with Gasteiger partial charge >= 0.3 is 5.97 Å². The van der Waals surface area contributed by atoms with Crippen molar-refractivity contribution in [1.82, 2.24) is 4.98 Å². The van der Waals surface area contributed by atoms with Gasteiger partial charge in [0.1, 0.15) is 0 Å². The second-order valence-corrected chi connectivity index (χ2v) is 9.73. The quantitative estimate of drug-likeness (QED) is 0.453. The van der Waals surface area contributed by atoms with E-state index in [4.69, 9.17) is 4.74 Å². The molecule has 0 amide bonds. The second-order valence-electron chi connectivity index (χ2n) is 6.60. The van der Waals surface area contributed by atoms with Gasteiger partial charge in [0.2, 0.25) is 10.0 Å². The number of benzene rings is 2. The molecule has 1 fully saturated rings. The van der Waals surface area contributed by atoms with E-state index in [-0.39, 0.29) is 5.75 Å². The third-order valence-electron chi connectivity index (χ3n) is 4.60. The number of hydrogen-bond acceptors (Lipinski definition) is 6. The molecule has 0 spiro atoms. The van der Waals surface area contributed by atoms with E-state index in [9.17, 15) is 13.2 Å². The molecule has 1 aliphatic heterocycles. The van der Waals surface area contributed by atoms with Crippen molar-refractivity contribution in [1.29, 1.82) is 0 Å². The summed E-state index contributed by atoms with van der Waals surface area (Å²) in [5.41, 5.74) is 2.00. The van der Waals surface area contributed by atoms with Crippen molar-refractivity contribution in [2.45, 2.75) is 19.3 Å². The van der Waals surface area contributed by atoms with Crippen LogP contribution in [0.4, 0.5) is 5.69 Å². The number of anilines is 1. The van der Waals surface area contributed by atoms with Gasteiger partial charge in [-0.05, 0) is 49.2 Å². The third-order valence-corrected chi connectivity index (χ3v) is 7.56. The van der Waals surface area contributed by atoms with E-state index < -0.39 is 16.0 Å². The first-order chi connectivity index (χ1) is 13.5. The van der Waals surface area contributed by atoms with Gasteiger partial charge in [-0.25, -0.2) is 18.2 Å². The van der Waals surface area contributed by atoms with Crippen LogP contribution in [0.2, 0.25) is 0 Å². The summed E-state index contributed by atoms with van der Waals surface area (Å²) >= 11 is 1.66. The Hall–Kier alpha value is -2.45. The van der Waals surface area contributed by atoms with E-state index in [1.54, 1.807) is 35.6 Å². The number of sulfonamides is 1. The predicted octanol–water partition coefficient (Wildman–Crippen LogP) is 3.63. The predicted molar refractivity (Wildman–Crippen MR) is 110 cm³/mol. The van der Waals surface area contributed by atoms with Crippen LogP contribution in [0.3, 0.4) is 0 Å². The third kappa shape index (κ3) is 4.02. The number of carbonyl (C=O) groups excluding carboxylic acids is 1. The molecule has 0 bridgehead atoms. The molecule has 4 rings (SSSR count). The first kappa shape index (κ1) is 18.9. The van der Waals surface area contributed by atoms with Crippen molar-refractivity contribution in [3.63, 3.8) is 0 Å². The van der Waals surface area contributed by atoms with E-state index >= 15 is 0 Å². The van der Waals surface area contributed by atoms with Crippen molar-refractivity contribution in [3.8, 4) is 0 Å².